The van der Waals surface area contributed by atoms with Crippen LogP contribution in [0.25, 0.3) is 0 Å². The van der Waals surface area contributed by atoms with Crippen LogP contribution in [0, 0.1) is 23.0 Å². The number of imidazole rings is 1. The number of nitro groups is 1. The van der Waals surface area contributed by atoms with Crippen LogP contribution in [0.3, 0.4) is 0 Å². The molecule has 2 N–H and O–H groups in total. The lowest BCUT2D eigenvalue weighted by Gasteiger charge is -2.21. The molecule has 0 spiro atoms. The van der Waals surface area contributed by atoms with Gasteiger partial charge < -0.3 is 25.3 Å². The Morgan fingerprint density at radius 3 is 2.77 bits per heavy atom. The Bertz CT molecular complexity index is 548. The van der Waals surface area contributed by atoms with Crippen molar-refractivity contribution in [3.05, 3.63) is 22.1 Å². The molecule has 0 aliphatic carbocycles. The maximum atomic E-state index is 12.3. The second kappa shape index (κ2) is 7.55. The number of halogens is 1. The number of amides is 1. The Labute approximate surface area is 135 Å². The molecular weight excluding hydrogens is 310 g/mol. The summed E-state index contributed by atoms with van der Waals surface area (Å²) in [6.07, 6.45) is 2.63. The first-order chi connectivity index (χ1) is 9.92. The standard InChI is InChI=1S/C13H21N5O3.ClH/c1-9-5-11(6-14)7-17(9)13(19)3-4-16-8-12(18(20)21)15-10(16)2;/h8-9,11H,3-7,14H2,1-2H3;1H. The van der Waals surface area contributed by atoms with E-state index in [9.17, 15) is 14.9 Å². The molecule has 1 aliphatic heterocycles. The molecule has 0 bridgehead atoms. The van der Waals surface area contributed by atoms with Crippen LogP contribution >= 0.6 is 12.4 Å². The smallest absolute Gasteiger partial charge is 0.358 e. The predicted octanol–water partition coefficient (Wildman–Crippen LogP) is 1.11. The fraction of sp³-hybridized carbons (Fsp3) is 0.692. The number of aromatic nitrogens is 2. The molecular formula is C13H22ClN5O3. The summed E-state index contributed by atoms with van der Waals surface area (Å²) >= 11 is 0. The monoisotopic (exact) mass is 331 g/mol. The summed E-state index contributed by atoms with van der Waals surface area (Å²) < 4.78 is 1.65. The normalized spacial score (nSPS) is 20.8. The van der Waals surface area contributed by atoms with E-state index in [1.54, 1.807) is 11.5 Å². The van der Waals surface area contributed by atoms with Crippen molar-refractivity contribution < 1.29 is 9.72 Å². The van der Waals surface area contributed by atoms with Crippen LogP contribution in [0.2, 0.25) is 0 Å². The molecule has 1 aromatic heterocycles. The Kier molecular flexibility index (Phi) is 6.31. The highest BCUT2D eigenvalue weighted by atomic mass is 35.5. The second-order valence-corrected chi connectivity index (χ2v) is 5.58. The summed E-state index contributed by atoms with van der Waals surface area (Å²) in [6, 6.07) is 0.212. The first-order valence-electron chi connectivity index (χ1n) is 7.10. The highest BCUT2D eigenvalue weighted by molar-refractivity contribution is 5.85. The Hall–Kier alpha value is -1.67. The number of aryl methyl sites for hydroxylation is 2. The maximum Gasteiger partial charge on any atom is 0.381 e. The van der Waals surface area contributed by atoms with Gasteiger partial charge in [-0.1, -0.05) is 0 Å². The Morgan fingerprint density at radius 2 is 2.27 bits per heavy atom. The minimum absolute atomic E-state index is 0. The first kappa shape index (κ1) is 18.4. The number of nitrogens with two attached hydrogens (primary N) is 1. The molecule has 1 amide bonds. The zero-order chi connectivity index (χ0) is 15.6. The van der Waals surface area contributed by atoms with E-state index in [-0.39, 0.29) is 30.2 Å². The van der Waals surface area contributed by atoms with Crippen LogP contribution in [0.5, 0.6) is 0 Å². The summed E-state index contributed by atoms with van der Waals surface area (Å²) in [6.45, 7) is 5.43. The zero-order valence-electron chi connectivity index (χ0n) is 12.8. The molecule has 8 nitrogen and oxygen atoms in total. The van der Waals surface area contributed by atoms with Crippen LogP contribution in [-0.2, 0) is 11.3 Å². The van der Waals surface area contributed by atoms with Crippen LogP contribution < -0.4 is 5.73 Å². The van der Waals surface area contributed by atoms with Crippen molar-refractivity contribution in [2.45, 2.75) is 39.3 Å². The molecule has 1 aromatic rings. The highest BCUT2D eigenvalue weighted by Crippen LogP contribution is 2.23. The third kappa shape index (κ3) is 3.95. The summed E-state index contributed by atoms with van der Waals surface area (Å²) in [7, 11) is 0. The SMILES string of the molecule is Cc1nc([N+](=O)[O-])cn1CCC(=O)N1CC(CN)CC1C.Cl. The van der Waals surface area contributed by atoms with Gasteiger partial charge in [0.25, 0.3) is 0 Å². The van der Waals surface area contributed by atoms with E-state index in [1.165, 1.54) is 6.20 Å². The second-order valence-electron chi connectivity index (χ2n) is 5.58. The number of rotatable bonds is 5. The molecule has 2 rings (SSSR count). The predicted molar refractivity (Wildman–Crippen MR) is 83.8 cm³/mol. The first-order valence-corrected chi connectivity index (χ1v) is 7.10. The quantitative estimate of drug-likeness (QED) is 0.642. The van der Waals surface area contributed by atoms with Gasteiger partial charge in [-0.15, -0.1) is 12.4 Å². The lowest BCUT2D eigenvalue weighted by Crippen LogP contribution is -2.34. The minimum Gasteiger partial charge on any atom is -0.358 e. The van der Waals surface area contributed by atoms with Gasteiger partial charge in [-0.2, -0.15) is 0 Å². The minimum atomic E-state index is -0.528. The van der Waals surface area contributed by atoms with E-state index in [0.717, 1.165) is 6.42 Å². The molecule has 1 fully saturated rings. The lowest BCUT2D eigenvalue weighted by molar-refractivity contribution is -0.389. The molecule has 1 aliphatic rings. The summed E-state index contributed by atoms with van der Waals surface area (Å²) in [5.74, 6) is 0.802. The van der Waals surface area contributed by atoms with E-state index in [2.05, 4.69) is 4.98 Å². The molecule has 22 heavy (non-hydrogen) atoms. The van der Waals surface area contributed by atoms with E-state index >= 15 is 0 Å². The third-order valence-electron chi connectivity index (χ3n) is 4.03. The molecule has 124 valence electrons. The molecule has 2 atom stereocenters. The number of nitrogens with zero attached hydrogens (tertiary/aromatic N) is 4. The van der Waals surface area contributed by atoms with Crippen LogP contribution in [-0.4, -0.2) is 44.4 Å². The Balaban J connectivity index is 0.00000242. The topological polar surface area (TPSA) is 107 Å². The highest BCUT2D eigenvalue weighted by Gasteiger charge is 2.31. The van der Waals surface area contributed by atoms with Crippen LogP contribution in [0.15, 0.2) is 6.20 Å². The number of carbonyl (C=O) groups is 1. The Morgan fingerprint density at radius 1 is 1.59 bits per heavy atom. The molecule has 0 aromatic carbocycles. The molecule has 1 saturated heterocycles. The largest absolute Gasteiger partial charge is 0.381 e. The van der Waals surface area contributed by atoms with Gasteiger partial charge in [0.15, 0.2) is 0 Å². The van der Waals surface area contributed by atoms with Crippen molar-refractivity contribution in [1.29, 1.82) is 0 Å². The molecule has 2 unspecified atom stereocenters. The van der Waals surface area contributed by atoms with Gasteiger partial charge in [-0.3, -0.25) is 4.79 Å². The van der Waals surface area contributed by atoms with Crippen molar-refractivity contribution in [1.82, 2.24) is 14.5 Å². The van der Waals surface area contributed by atoms with E-state index in [4.69, 9.17) is 5.73 Å². The van der Waals surface area contributed by atoms with Crippen molar-refractivity contribution in [3.63, 3.8) is 0 Å². The third-order valence-corrected chi connectivity index (χ3v) is 4.03. The lowest BCUT2D eigenvalue weighted by atomic mass is 10.1. The summed E-state index contributed by atoms with van der Waals surface area (Å²) in [5, 5.41) is 10.7. The number of likely N-dealkylation sites (tertiary alicyclic amines) is 1. The van der Waals surface area contributed by atoms with E-state index in [1.807, 2.05) is 11.8 Å². The van der Waals surface area contributed by atoms with Gasteiger partial charge in [0, 0.05) is 32.5 Å². The number of carbonyl (C=O) groups excluding carboxylic acids is 1. The average Bonchev–Trinajstić information content (AvgIpc) is 2.99. The van der Waals surface area contributed by atoms with Crippen LogP contribution in [0.1, 0.15) is 25.6 Å². The van der Waals surface area contributed by atoms with Gasteiger partial charge in [0.1, 0.15) is 6.20 Å². The average molecular weight is 332 g/mol. The van der Waals surface area contributed by atoms with Crippen molar-refractivity contribution in [3.8, 4) is 0 Å². The number of hydrogen-bond acceptors (Lipinski definition) is 5. The van der Waals surface area contributed by atoms with Gasteiger partial charge in [-0.05, 0) is 35.7 Å². The fourth-order valence-electron chi connectivity index (χ4n) is 2.83. The van der Waals surface area contributed by atoms with Gasteiger partial charge in [0.05, 0.1) is 0 Å². The van der Waals surface area contributed by atoms with E-state index in [0.29, 0.717) is 37.8 Å². The molecule has 2 heterocycles. The fourth-order valence-corrected chi connectivity index (χ4v) is 2.83. The van der Waals surface area contributed by atoms with Crippen molar-refractivity contribution >= 4 is 24.1 Å². The molecule has 9 heteroatoms. The van der Waals surface area contributed by atoms with Gasteiger partial charge in [-0.25, -0.2) is 0 Å². The summed E-state index contributed by atoms with van der Waals surface area (Å²) in [5.41, 5.74) is 5.66. The van der Waals surface area contributed by atoms with E-state index < -0.39 is 4.92 Å². The number of hydrogen-bond donors (Lipinski definition) is 1. The summed E-state index contributed by atoms with van der Waals surface area (Å²) in [4.78, 5) is 28.1. The zero-order valence-corrected chi connectivity index (χ0v) is 13.6. The molecule has 0 radical (unpaired) electrons. The van der Waals surface area contributed by atoms with Crippen LogP contribution in [0.4, 0.5) is 5.82 Å². The molecule has 0 saturated carbocycles. The van der Waals surface area contributed by atoms with Crippen molar-refractivity contribution in [2.24, 2.45) is 11.7 Å². The van der Waals surface area contributed by atoms with Gasteiger partial charge in [0.2, 0.25) is 11.7 Å². The van der Waals surface area contributed by atoms with Gasteiger partial charge >= 0.3 is 5.82 Å². The van der Waals surface area contributed by atoms with Crippen molar-refractivity contribution in [2.75, 3.05) is 13.1 Å². The maximum absolute atomic E-state index is 12.3.